The Labute approximate surface area is 63.4 Å². The first-order valence-electron chi connectivity index (χ1n) is 4.00. The summed E-state index contributed by atoms with van der Waals surface area (Å²) in [5, 5.41) is 0. The Balaban J connectivity index is 2.66. The predicted molar refractivity (Wildman–Crippen MR) is 43.9 cm³/mol. The average molecular weight is 142 g/mol. The molecule has 0 heterocycles. The summed E-state index contributed by atoms with van der Waals surface area (Å²) >= 11 is 0. The van der Waals surface area contributed by atoms with Crippen LogP contribution in [0.1, 0.15) is 26.2 Å². The zero-order chi connectivity index (χ0) is 7.78. The van der Waals surface area contributed by atoms with E-state index >= 15 is 0 Å². The fourth-order valence-electron chi connectivity index (χ4n) is 1.73. The van der Waals surface area contributed by atoms with E-state index in [4.69, 9.17) is 5.73 Å². The molecule has 0 saturated heterocycles. The highest BCUT2D eigenvalue weighted by molar-refractivity contribution is 4.98. The second-order valence-corrected chi connectivity index (χ2v) is 3.75. The molecule has 60 valence electrons. The predicted octanol–water partition coefficient (Wildman–Crippen LogP) is 0.818. The van der Waals surface area contributed by atoms with Crippen LogP contribution in [0.2, 0.25) is 0 Å². The molecule has 0 unspecified atom stereocenters. The lowest BCUT2D eigenvalue weighted by Crippen LogP contribution is -2.51. The molecule has 0 aromatic heterocycles. The van der Waals surface area contributed by atoms with Crippen molar-refractivity contribution in [1.82, 2.24) is 4.90 Å². The fraction of sp³-hybridized carbons (Fsp3) is 1.00. The topological polar surface area (TPSA) is 29.3 Å². The molecule has 1 rings (SSSR count). The largest absolute Gasteiger partial charge is 0.326 e. The second kappa shape index (κ2) is 2.51. The van der Waals surface area contributed by atoms with Gasteiger partial charge in [-0.2, -0.15) is 0 Å². The molecule has 0 amide bonds. The van der Waals surface area contributed by atoms with Crippen molar-refractivity contribution in [2.75, 3.05) is 14.1 Å². The molecule has 0 spiro atoms. The lowest BCUT2D eigenvalue weighted by Gasteiger charge is -2.36. The van der Waals surface area contributed by atoms with Crippen LogP contribution in [0.4, 0.5) is 0 Å². The maximum Gasteiger partial charge on any atom is 0.0326 e. The summed E-state index contributed by atoms with van der Waals surface area (Å²) in [7, 11) is 4.23. The van der Waals surface area contributed by atoms with E-state index in [0.717, 1.165) is 0 Å². The van der Waals surface area contributed by atoms with Crippen molar-refractivity contribution in [3.63, 3.8) is 0 Å². The van der Waals surface area contributed by atoms with Crippen molar-refractivity contribution in [2.24, 2.45) is 5.73 Å². The van der Waals surface area contributed by atoms with Gasteiger partial charge in [-0.05, 0) is 40.3 Å². The van der Waals surface area contributed by atoms with Crippen LogP contribution in [0.5, 0.6) is 0 Å². The van der Waals surface area contributed by atoms with Gasteiger partial charge in [-0.1, -0.05) is 0 Å². The van der Waals surface area contributed by atoms with Crippen molar-refractivity contribution >= 4 is 0 Å². The first-order chi connectivity index (χ1) is 4.57. The van der Waals surface area contributed by atoms with Gasteiger partial charge in [0.15, 0.2) is 0 Å². The molecule has 0 aromatic carbocycles. The summed E-state index contributed by atoms with van der Waals surface area (Å²) in [5.41, 5.74) is 6.24. The molecule has 2 atom stereocenters. The SMILES string of the molecule is CN(C)[C@]1(C)CCC[C@H]1N. The molecule has 0 aromatic rings. The van der Waals surface area contributed by atoms with Crippen LogP contribution in [0.25, 0.3) is 0 Å². The number of nitrogens with zero attached hydrogens (tertiary/aromatic N) is 1. The molecule has 1 aliphatic carbocycles. The van der Waals surface area contributed by atoms with Crippen LogP contribution in [0, 0.1) is 0 Å². The maximum atomic E-state index is 5.97. The third kappa shape index (κ3) is 1.06. The first kappa shape index (κ1) is 8.02. The number of nitrogens with two attached hydrogens (primary N) is 1. The van der Waals surface area contributed by atoms with Gasteiger partial charge in [-0.25, -0.2) is 0 Å². The standard InChI is InChI=1S/C8H18N2/c1-8(10(2)3)6-4-5-7(8)9/h7H,4-6,9H2,1-3H3/t7-,8-/m1/s1. The summed E-state index contributed by atoms with van der Waals surface area (Å²) in [6.07, 6.45) is 3.73. The third-order valence-electron chi connectivity index (χ3n) is 3.02. The lowest BCUT2D eigenvalue weighted by molar-refractivity contribution is 0.160. The number of likely N-dealkylation sites (N-methyl/N-ethyl adjacent to an activating group) is 1. The van der Waals surface area contributed by atoms with Gasteiger partial charge in [0.25, 0.3) is 0 Å². The van der Waals surface area contributed by atoms with Crippen LogP contribution in [0.3, 0.4) is 0 Å². The van der Waals surface area contributed by atoms with E-state index in [1.807, 2.05) is 0 Å². The summed E-state index contributed by atoms with van der Waals surface area (Å²) < 4.78 is 0. The smallest absolute Gasteiger partial charge is 0.0326 e. The van der Waals surface area contributed by atoms with E-state index < -0.39 is 0 Å². The molecule has 0 radical (unpaired) electrons. The number of rotatable bonds is 1. The minimum absolute atomic E-state index is 0.264. The molecule has 0 bridgehead atoms. The van der Waals surface area contributed by atoms with Crippen LogP contribution in [0.15, 0.2) is 0 Å². The van der Waals surface area contributed by atoms with E-state index in [1.165, 1.54) is 19.3 Å². The number of hydrogen-bond acceptors (Lipinski definition) is 2. The first-order valence-corrected chi connectivity index (χ1v) is 4.00. The van der Waals surface area contributed by atoms with Gasteiger partial charge in [0.05, 0.1) is 0 Å². The molecule has 1 fully saturated rings. The van der Waals surface area contributed by atoms with Crippen molar-refractivity contribution in [3.8, 4) is 0 Å². The van der Waals surface area contributed by atoms with Gasteiger partial charge in [0.1, 0.15) is 0 Å². The third-order valence-corrected chi connectivity index (χ3v) is 3.02. The molecular weight excluding hydrogens is 124 g/mol. The molecule has 2 nitrogen and oxygen atoms in total. The van der Waals surface area contributed by atoms with Gasteiger partial charge < -0.3 is 10.6 Å². The normalized spacial score (nSPS) is 41.1. The van der Waals surface area contributed by atoms with E-state index in [-0.39, 0.29) is 5.54 Å². The van der Waals surface area contributed by atoms with Crippen molar-refractivity contribution in [1.29, 1.82) is 0 Å². The zero-order valence-electron chi connectivity index (χ0n) is 7.22. The summed E-state index contributed by atoms with van der Waals surface area (Å²) in [5.74, 6) is 0. The monoisotopic (exact) mass is 142 g/mol. The van der Waals surface area contributed by atoms with Gasteiger partial charge in [0, 0.05) is 11.6 Å². The minimum Gasteiger partial charge on any atom is -0.326 e. The molecule has 2 N–H and O–H groups in total. The summed E-state index contributed by atoms with van der Waals surface area (Å²) in [6, 6.07) is 0.377. The highest BCUT2D eigenvalue weighted by atomic mass is 15.2. The molecular formula is C8H18N2. The average Bonchev–Trinajstić information content (AvgIpc) is 2.15. The number of hydrogen-bond donors (Lipinski definition) is 1. The van der Waals surface area contributed by atoms with Gasteiger partial charge >= 0.3 is 0 Å². The molecule has 1 saturated carbocycles. The van der Waals surface area contributed by atoms with Crippen LogP contribution in [-0.2, 0) is 0 Å². The molecule has 10 heavy (non-hydrogen) atoms. The van der Waals surface area contributed by atoms with E-state index in [9.17, 15) is 0 Å². The van der Waals surface area contributed by atoms with E-state index in [1.54, 1.807) is 0 Å². The molecule has 0 aliphatic heterocycles. The van der Waals surface area contributed by atoms with Crippen molar-refractivity contribution in [3.05, 3.63) is 0 Å². The van der Waals surface area contributed by atoms with Crippen LogP contribution in [-0.4, -0.2) is 30.6 Å². The van der Waals surface area contributed by atoms with E-state index in [0.29, 0.717) is 6.04 Å². The Morgan fingerprint density at radius 1 is 1.50 bits per heavy atom. The Hall–Kier alpha value is -0.0800. The zero-order valence-corrected chi connectivity index (χ0v) is 7.22. The Morgan fingerprint density at radius 3 is 2.30 bits per heavy atom. The molecule has 1 aliphatic rings. The minimum atomic E-state index is 0.264. The molecule has 2 heteroatoms. The lowest BCUT2D eigenvalue weighted by atomic mass is 9.95. The van der Waals surface area contributed by atoms with Gasteiger partial charge in [-0.3, -0.25) is 0 Å². The highest BCUT2D eigenvalue weighted by Gasteiger charge is 2.37. The highest BCUT2D eigenvalue weighted by Crippen LogP contribution is 2.31. The van der Waals surface area contributed by atoms with E-state index in [2.05, 4.69) is 25.9 Å². The summed E-state index contributed by atoms with van der Waals surface area (Å²) in [6.45, 7) is 2.25. The quantitative estimate of drug-likeness (QED) is 0.587. The van der Waals surface area contributed by atoms with Crippen molar-refractivity contribution in [2.45, 2.75) is 37.8 Å². The summed E-state index contributed by atoms with van der Waals surface area (Å²) in [4.78, 5) is 2.25. The van der Waals surface area contributed by atoms with Gasteiger partial charge in [-0.15, -0.1) is 0 Å². The van der Waals surface area contributed by atoms with Crippen LogP contribution >= 0.6 is 0 Å². The Morgan fingerprint density at radius 2 is 2.10 bits per heavy atom. The Kier molecular flexibility index (Phi) is 2.02. The van der Waals surface area contributed by atoms with Gasteiger partial charge in [0.2, 0.25) is 0 Å². The Bertz CT molecular complexity index is 122. The fourth-order valence-corrected chi connectivity index (χ4v) is 1.73. The van der Waals surface area contributed by atoms with Crippen molar-refractivity contribution < 1.29 is 0 Å². The van der Waals surface area contributed by atoms with Crippen LogP contribution < -0.4 is 5.73 Å². The maximum absolute atomic E-state index is 5.97. The second-order valence-electron chi connectivity index (χ2n) is 3.75.